The minimum Gasteiger partial charge on any atom is -0.462 e. The first-order valence-electron chi connectivity index (χ1n) is 13.1. The van der Waals surface area contributed by atoms with Gasteiger partial charge in [0.15, 0.2) is 0 Å². The molecule has 4 N–H and O–H groups in total. The fraction of sp³-hybridized carbons (Fsp3) is 0.643. The summed E-state index contributed by atoms with van der Waals surface area (Å²) in [7, 11) is 0. The highest BCUT2D eigenvalue weighted by Gasteiger charge is 2.33. The number of hydrogen-bond acceptors (Lipinski definition) is 7. The Morgan fingerprint density at radius 1 is 0.895 bits per heavy atom. The molecule has 0 saturated carbocycles. The Bertz CT molecular complexity index is 913. The molecule has 0 spiro atoms. The Labute approximate surface area is 226 Å². The molecular formula is C28H45N3O7. The minimum atomic E-state index is -1.36. The topological polar surface area (TPSA) is 143 Å². The van der Waals surface area contributed by atoms with Crippen molar-refractivity contribution in [2.75, 3.05) is 0 Å². The van der Waals surface area contributed by atoms with E-state index in [1.807, 2.05) is 58.0 Å². The van der Waals surface area contributed by atoms with Crippen molar-refractivity contribution < 1.29 is 33.8 Å². The van der Waals surface area contributed by atoms with Gasteiger partial charge in [0.2, 0.25) is 11.8 Å². The largest absolute Gasteiger partial charge is 0.462 e. The second-order valence-electron chi connectivity index (χ2n) is 11.1. The molecule has 0 aliphatic carbocycles. The van der Waals surface area contributed by atoms with Gasteiger partial charge in [-0.05, 0) is 44.6 Å². The summed E-state index contributed by atoms with van der Waals surface area (Å²) in [6.07, 6.45) is -3.09. The van der Waals surface area contributed by atoms with E-state index in [0.29, 0.717) is 6.54 Å². The van der Waals surface area contributed by atoms with E-state index in [0.717, 1.165) is 5.56 Å². The Morgan fingerprint density at radius 2 is 1.50 bits per heavy atom. The van der Waals surface area contributed by atoms with Crippen LogP contribution >= 0.6 is 0 Å². The van der Waals surface area contributed by atoms with Gasteiger partial charge in [-0.2, -0.15) is 0 Å². The molecule has 4 atom stereocenters. The maximum Gasteiger partial charge on any atom is 0.409 e. The lowest BCUT2D eigenvalue weighted by Gasteiger charge is -2.29. The number of carbonyl (C=O) groups is 4. The van der Waals surface area contributed by atoms with Gasteiger partial charge in [-0.15, -0.1) is 0 Å². The van der Waals surface area contributed by atoms with Gasteiger partial charge in [-0.1, -0.05) is 58.0 Å². The van der Waals surface area contributed by atoms with Crippen molar-refractivity contribution >= 4 is 23.9 Å². The Balaban J connectivity index is 2.89. The third-order valence-electron chi connectivity index (χ3n) is 5.72. The van der Waals surface area contributed by atoms with Crippen molar-refractivity contribution in [2.45, 2.75) is 98.8 Å². The highest BCUT2D eigenvalue weighted by molar-refractivity contribution is 5.88. The zero-order chi connectivity index (χ0) is 29.0. The van der Waals surface area contributed by atoms with Crippen LogP contribution in [0.2, 0.25) is 0 Å². The van der Waals surface area contributed by atoms with Crippen molar-refractivity contribution in [1.29, 1.82) is 0 Å². The molecule has 0 radical (unpaired) electrons. The highest BCUT2D eigenvalue weighted by Crippen LogP contribution is 2.23. The fourth-order valence-corrected chi connectivity index (χ4v) is 3.83. The van der Waals surface area contributed by atoms with E-state index in [1.165, 1.54) is 6.92 Å². The first kappa shape index (κ1) is 32.9. The molecule has 10 nitrogen and oxygen atoms in total. The normalized spacial score (nSPS) is 14.7. The summed E-state index contributed by atoms with van der Waals surface area (Å²) in [6.45, 7) is 14.0. The van der Waals surface area contributed by atoms with Crippen LogP contribution in [-0.2, 0) is 30.4 Å². The average molecular weight is 536 g/mol. The summed E-state index contributed by atoms with van der Waals surface area (Å²) < 4.78 is 10.5. The summed E-state index contributed by atoms with van der Waals surface area (Å²) in [5.74, 6) is -2.21. The monoisotopic (exact) mass is 535 g/mol. The number of carbonyl (C=O) groups excluding carboxylic acids is 4. The van der Waals surface area contributed by atoms with Crippen LogP contribution in [0.1, 0.15) is 73.8 Å². The zero-order valence-electron chi connectivity index (χ0n) is 23.9. The second-order valence-corrected chi connectivity index (χ2v) is 11.1. The maximum absolute atomic E-state index is 13.3. The molecule has 214 valence electrons. The van der Waals surface area contributed by atoms with Gasteiger partial charge < -0.3 is 25.2 Å². The molecule has 0 saturated heterocycles. The molecule has 0 aliphatic rings. The van der Waals surface area contributed by atoms with E-state index in [4.69, 9.17) is 9.47 Å². The number of rotatable bonds is 13. The molecule has 3 amide bonds. The fourth-order valence-electron chi connectivity index (χ4n) is 3.83. The number of aliphatic hydroxyl groups is 1. The molecule has 4 unspecified atom stereocenters. The average Bonchev–Trinajstić information content (AvgIpc) is 2.77. The van der Waals surface area contributed by atoms with Gasteiger partial charge in [0, 0.05) is 25.8 Å². The van der Waals surface area contributed by atoms with Crippen molar-refractivity contribution in [2.24, 2.45) is 17.8 Å². The lowest BCUT2D eigenvalue weighted by Crippen LogP contribution is -2.52. The molecule has 38 heavy (non-hydrogen) atoms. The highest BCUT2D eigenvalue weighted by atomic mass is 16.6. The van der Waals surface area contributed by atoms with Crippen LogP contribution in [0, 0.1) is 17.8 Å². The molecular weight excluding hydrogens is 490 g/mol. The van der Waals surface area contributed by atoms with Crippen molar-refractivity contribution in [3.63, 3.8) is 0 Å². The van der Waals surface area contributed by atoms with E-state index in [9.17, 15) is 24.3 Å². The van der Waals surface area contributed by atoms with Crippen molar-refractivity contribution in [3.05, 3.63) is 35.9 Å². The molecule has 1 rings (SSSR count). The maximum atomic E-state index is 13.3. The summed E-state index contributed by atoms with van der Waals surface area (Å²) in [4.78, 5) is 50.0. The summed E-state index contributed by atoms with van der Waals surface area (Å²) in [6, 6.07) is 8.70. The minimum absolute atomic E-state index is 0.0899. The number of hydrogen-bond donors (Lipinski definition) is 4. The summed E-state index contributed by atoms with van der Waals surface area (Å²) in [5, 5.41) is 18.4. The van der Waals surface area contributed by atoms with E-state index in [-0.39, 0.29) is 36.5 Å². The number of alkyl carbamates (subject to hydrolysis) is 1. The Hall–Kier alpha value is -3.14. The van der Waals surface area contributed by atoms with E-state index < -0.39 is 42.0 Å². The molecule has 0 bridgehead atoms. The first-order chi connectivity index (χ1) is 17.6. The predicted molar refractivity (Wildman–Crippen MR) is 144 cm³/mol. The van der Waals surface area contributed by atoms with Crippen molar-refractivity contribution in [3.8, 4) is 0 Å². The Morgan fingerprint density at radius 3 is 2.00 bits per heavy atom. The van der Waals surface area contributed by atoms with Crippen molar-refractivity contribution in [1.82, 2.24) is 16.0 Å². The summed E-state index contributed by atoms with van der Waals surface area (Å²) >= 11 is 0. The quantitative estimate of drug-likeness (QED) is 0.224. The predicted octanol–water partition coefficient (Wildman–Crippen LogP) is 3.27. The summed E-state index contributed by atoms with van der Waals surface area (Å²) in [5.41, 5.74) is 0.192. The second kappa shape index (κ2) is 15.3. The lowest BCUT2D eigenvalue weighted by molar-refractivity contribution is -0.150. The molecule has 0 fully saturated rings. The number of ether oxygens (including phenoxy) is 2. The van der Waals surface area contributed by atoms with Crippen LogP contribution in [0.3, 0.4) is 0 Å². The number of benzene rings is 1. The number of amides is 3. The van der Waals surface area contributed by atoms with Gasteiger partial charge in [-0.25, -0.2) is 4.79 Å². The van der Waals surface area contributed by atoms with E-state index in [1.54, 1.807) is 20.8 Å². The molecule has 0 aliphatic heterocycles. The van der Waals surface area contributed by atoms with Crippen LogP contribution in [0.5, 0.6) is 0 Å². The van der Waals surface area contributed by atoms with Gasteiger partial charge >= 0.3 is 12.1 Å². The van der Waals surface area contributed by atoms with Crippen LogP contribution in [0.4, 0.5) is 4.79 Å². The third kappa shape index (κ3) is 12.9. The smallest absolute Gasteiger partial charge is 0.409 e. The van der Waals surface area contributed by atoms with Gasteiger partial charge in [0.25, 0.3) is 0 Å². The molecule has 0 heterocycles. The molecule has 1 aromatic rings. The number of aliphatic hydroxyl groups excluding tert-OH is 1. The van der Waals surface area contributed by atoms with Gasteiger partial charge in [-0.3, -0.25) is 19.7 Å². The first-order valence-corrected chi connectivity index (χ1v) is 13.1. The van der Waals surface area contributed by atoms with Gasteiger partial charge in [0.1, 0.15) is 24.0 Å². The molecule has 0 aromatic heterocycles. The number of nitrogens with one attached hydrogen (secondary N) is 3. The molecule has 10 heteroatoms. The zero-order valence-corrected chi connectivity index (χ0v) is 23.9. The van der Waals surface area contributed by atoms with Crippen LogP contribution in [0.25, 0.3) is 0 Å². The third-order valence-corrected chi connectivity index (χ3v) is 5.72. The van der Waals surface area contributed by atoms with Crippen LogP contribution in [0.15, 0.2) is 30.3 Å². The standard InChI is InChI=1S/C28H45N3O7/c1-17(2)22(14-21(37-19(5)32)15-23(33)30-27(36)38-28(6,7)8)25(34)31-24(18(3)4)26(35)29-16-20-12-10-9-11-13-20/h9-13,17-18,21-24,33H,14-16H2,1-8H3,(H,29,35)(H,30,36)(H,31,34). The van der Waals surface area contributed by atoms with E-state index >= 15 is 0 Å². The van der Waals surface area contributed by atoms with Gasteiger partial charge in [0.05, 0.1) is 0 Å². The Kier molecular flexibility index (Phi) is 13.3. The van der Waals surface area contributed by atoms with Crippen LogP contribution < -0.4 is 16.0 Å². The lowest BCUT2D eigenvalue weighted by atomic mass is 9.87. The number of esters is 1. The van der Waals surface area contributed by atoms with Crippen LogP contribution in [-0.4, -0.2) is 53.0 Å². The van der Waals surface area contributed by atoms with E-state index in [2.05, 4.69) is 16.0 Å². The SMILES string of the molecule is CC(=O)OC(CC(O)NC(=O)OC(C)(C)C)CC(C(=O)NC(C(=O)NCc1ccccc1)C(C)C)C(C)C. The molecule has 1 aromatic carbocycles.